The summed E-state index contributed by atoms with van der Waals surface area (Å²) in [4.78, 5) is 1.19. The molecule has 2 rings (SSSR count). The maximum absolute atomic E-state index is 14.0. The van der Waals surface area contributed by atoms with Gasteiger partial charge in [-0.2, -0.15) is 4.39 Å². The van der Waals surface area contributed by atoms with Gasteiger partial charge >= 0.3 is 7.32 Å². The van der Waals surface area contributed by atoms with Crippen LogP contribution >= 0.6 is 11.8 Å². The third-order valence-electron chi connectivity index (χ3n) is 3.32. The Balaban J connectivity index is 2.07. The Morgan fingerprint density at radius 3 is 2.48 bits per heavy atom. The molecule has 0 bridgehead atoms. The van der Waals surface area contributed by atoms with E-state index >= 15 is 0 Å². The minimum absolute atomic E-state index is 0.0771. The van der Waals surface area contributed by atoms with Crippen molar-refractivity contribution in [2.24, 2.45) is 0 Å². The number of benzene rings is 1. The lowest BCUT2D eigenvalue weighted by Crippen LogP contribution is -2.45. The Morgan fingerprint density at radius 1 is 1.33 bits per heavy atom. The number of nitrogens with one attached hydrogen (secondary N) is 1. The normalized spacial score (nSPS) is 22.4. The Hall–Kier alpha value is -1.28. The molecule has 0 amide bonds. The molecule has 112 valence electrons. The van der Waals surface area contributed by atoms with E-state index in [1.807, 2.05) is 37.4 Å². The maximum Gasteiger partial charge on any atom is 0.637 e. The van der Waals surface area contributed by atoms with Gasteiger partial charge in [-0.25, -0.2) is 0 Å². The molecule has 0 saturated heterocycles. The molecule has 1 aliphatic heterocycles. The van der Waals surface area contributed by atoms with Gasteiger partial charge in [-0.05, 0) is 29.5 Å². The number of thioether (sulfide) groups is 1. The van der Waals surface area contributed by atoms with Crippen LogP contribution in [0.4, 0.5) is 4.39 Å². The summed E-state index contributed by atoms with van der Waals surface area (Å²) < 4.78 is 18.3. The smallest absolute Gasteiger partial charge is 0.402 e. The largest absolute Gasteiger partial charge is 0.637 e. The molecule has 2 atom stereocenters. The first kappa shape index (κ1) is 16.1. The molecule has 3 N–H and O–H groups in total. The summed E-state index contributed by atoms with van der Waals surface area (Å²) >= 11 is 1.68. The van der Waals surface area contributed by atoms with E-state index in [1.165, 1.54) is 11.1 Å². The zero-order chi connectivity index (χ0) is 15.5. The molecular formula is C14H17BFNO3S. The minimum atomic E-state index is -2.40. The molecule has 1 aromatic rings. The van der Waals surface area contributed by atoms with E-state index < -0.39 is 13.3 Å². The van der Waals surface area contributed by atoms with Crippen LogP contribution in [0.3, 0.4) is 0 Å². The van der Waals surface area contributed by atoms with Crippen LogP contribution in [0.5, 0.6) is 0 Å². The first-order chi connectivity index (χ1) is 9.93. The van der Waals surface area contributed by atoms with Crippen molar-refractivity contribution in [3.05, 3.63) is 53.8 Å². The number of hydrogen-bond donors (Lipinski definition) is 3. The predicted octanol–water partition coefficient (Wildman–Crippen LogP) is 2.16. The number of alkyl halides is 1. The van der Waals surface area contributed by atoms with Gasteiger partial charge in [0.05, 0.1) is 0 Å². The molecule has 0 aromatic heterocycles. The van der Waals surface area contributed by atoms with Gasteiger partial charge in [-0.1, -0.05) is 25.1 Å². The van der Waals surface area contributed by atoms with Crippen molar-refractivity contribution in [2.45, 2.75) is 23.7 Å². The summed E-state index contributed by atoms with van der Waals surface area (Å²) in [7, 11) is -2.18. The summed E-state index contributed by atoms with van der Waals surface area (Å²) in [6.45, 7) is 2.01. The van der Waals surface area contributed by atoms with Crippen LogP contribution in [0.1, 0.15) is 18.4 Å². The maximum atomic E-state index is 14.0. The van der Waals surface area contributed by atoms with Gasteiger partial charge in [0.2, 0.25) is 0 Å². The van der Waals surface area contributed by atoms with Gasteiger partial charge < -0.3 is 20.0 Å². The standard InChI is InChI=1S/C14H17BFNO3S/c1-10(11-3-5-13(21-2)6-4-11)12-7-8-14(16,17-9-12)20-15(18)19/h3-10,17-19H,1-2H3. The highest BCUT2D eigenvalue weighted by Crippen LogP contribution is 2.29. The number of hydrogen-bond acceptors (Lipinski definition) is 5. The summed E-state index contributed by atoms with van der Waals surface area (Å²) in [5.74, 6) is -2.33. The van der Waals surface area contributed by atoms with Gasteiger partial charge in [-0.3, -0.25) is 0 Å². The highest BCUT2D eigenvalue weighted by molar-refractivity contribution is 7.98. The number of halogens is 1. The van der Waals surface area contributed by atoms with Crippen molar-refractivity contribution in [1.82, 2.24) is 5.32 Å². The fourth-order valence-electron chi connectivity index (χ4n) is 2.06. The van der Waals surface area contributed by atoms with Crippen LogP contribution in [0, 0.1) is 0 Å². The minimum Gasteiger partial charge on any atom is -0.402 e. The molecule has 4 nitrogen and oxygen atoms in total. The van der Waals surface area contributed by atoms with Crippen molar-refractivity contribution in [2.75, 3.05) is 6.26 Å². The van der Waals surface area contributed by atoms with Crippen LogP contribution in [0.2, 0.25) is 0 Å². The zero-order valence-electron chi connectivity index (χ0n) is 11.8. The first-order valence-electron chi connectivity index (χ1n) is 6.47. The van der Waals surface area contributed by atoms with Crippen LogP contribution in [0.15, 0.2) is 53.1 Å². The average molecular weight is 309 g/mol. The molecule has 2 unspecified atom stereocenters. The summed E-state index contributed by atoms with van der Waals surface area (Å²) in [5.41, 5.74) is 1.98. The molecule has 0 saturated carbocycles. The van der Waals surface area contributed by atoms with E-state index in [9.17, 15) is 4.39 Å². The zero-order valence-corrected chi connectivity index (χ0v) is 12.6. The third kappa shape index (κ3) is 4.10. The van der Waals surface area contributed by atoms with Crippen LogP contribution < -0.4 is 5.32 Å². The third-order valence-corrected chi connectivity index (χ3v) is 4.06. The summed E-state index contributed by atoms with van der Waals surface area (Å²) in [6, 6.07) is 8.16. The molecule has 7 heteroatoms. The van der Waals surface area contributed by atoms with E-state index in [-0.39, 0.29) is 5.92 Å². The SMILES string of the molecule is CSc1ccc(C(C)C2=CNC(F)(OB(O)O)C=C2)cc1. The van der Waals surface area contributed by atoms with E-state index in [0.29, 0.717) is 0 Å². The monoisotopic (exact) mass is 309 g/mol. The van der Waals surface area contributed by atoms with E-state index in [1.54, 1.807) is 17.8 Å². The summed E-state index contributed by atoms with van der Waals surface area (Å²) in [5, 5.41) is 19.7. The molecular weight excluding hydrogens is 292 g/mol. The van der Waals surface area contributed by atoms with Crippen LogP contribution in [-0.2, 0) is 4.65 Å². The lowest BCUT2D eigenvalue weighted by molar-refractivity contribution is -0.0676. The molecule has 0 aliphatic carbocycles. The van der Waals surface area contributed by atoms with E-state index in [2.05, 4.69) is 9.97 Å². The van der Waals surface area contributed by atoms with Crippen molar-refractivity contribution < 1.29 is 19.1 Å². The molecule has 0 spiro atoms. The number of rotatable bonds is 5. The second-order valence-electron chi connectivity index (χ2n) is 4.71. The number of dihydropyridines is 1. The molecule has 1 aliphatic rings. The second kappa shape index (κ2) is 6.66. The Morgan fingerprint density at radius 2 is 2.00 bits per heavy atom. The van der Waals surface area contributed by atoms with E-state index in [0.717, 1.165) is 17.2 Å². The van der Waals surface area contributed by atoms with Gasteiger partial charge in [-0.15, -0.1) is 11.8 Å². The predicted molar refractivity (Wildman–Crippen MR) is 82.1 cm³/mol. The lowest BCUT2D eigenvalue weighted by Gasteiger charge is -2.27. The topological polar surface area (TPSA) is 61.7 Å². The van der Waals surface area contributed by atoms with Crippen molar-refractivity contribution in [3.8, 4) is 0 Å². The Labute approximate surface area is 127 Å². The Kier molecular flexibility index (Phi) is 5.11. The quantitative estimate of drug-likeness (QED) is 0.442. The van der Waals surface area contributed by atoms with Gasteiger partial charge in [0.15, 0.2) is 0 Å². The molecule has 1 aromatic carbocycles. The molecule has 0 fully saturated rings. The highest BCUT2D eigenvalue weighted by Gasteiger charge is 2.33. The molecule has 0 radical (unpaired) electrons. The van der Waals surface area contributed by atoms with Gasteiger partial charge in [0.25, 0.3) is 5.98 Å². The summed E-state index contributed by atoms with van der Waals surface area (Å²) in [6.07, 6.45) is 6.20. The second-order valence-corrected chi connectivity index (χ2v) is 5.59. The first-order valence-corrected chi connectivity index (χ1v) is 7.70. The fraction of sp³-hybridized carbons (Fsp3) is 0.286. The van der Waals surface area contributed by atoms with Crippen LogP contribution in [0.25, 0.3) is 0 Å². The molecule has 21 heavy (non-hydrogen) atoms. The fourth-order valence-corrected chi connectivity index (χ4v) is 2.47. The van der Waals surface area contributed by atoms with Crippen molar-refractivity contribution in [3.63, 3.8) is 0 Å². The average Bonchev–Trinajstić information content (AvgIpc) is 2.46. The van der Waals surface area contributed by atoms with E-state index in [4.69, 9.17) is 10.0 Å². The van der Waals surface area contributed by atoms with Gasteiger partial charge in [0, 0.05) is 23.1 Å². The van der Waals surface area contributed by atoms with Crippen molar-refractivity contribution >= 4 is 19.1 Å². The number of allylic oxidation sites excluding steroid dienone is 2. The highest BCUT2D eigenvalue weighted by atomic mass is 32.2. The molecule has 1 heterocycles. The lowest BCUT2D eigenvalue weighted by atomic mass is 9.92. The van der Waals surface area contributed by atoms with Crippen molar-refractivity contribution in [1.29, 1.82) is 0 Å². The van der Waals surface area contributed by atoms with Crippen LogP contribution in [-0.4, -0.2) is 29.6 Å². The van der Waals surface area contributed by atoms with Gasteiger partial charge in [0.1, 0.15) is 0 Å². The Bertz CT molecular complexity index is 550.